The average Bonchev–Trinajstić information content (AvgIpc) is 2.09. The van der Waals surface area contributed by atoms with Gasteiger partial charge in [-0.1, -0.05) is 0 Å². The fraction of sp³-hybridized carbons (Fsp3) is 0.333. The molecule has 0 spiro atoms. The lowest BCUT2D eigenvalue weighted by molar-refractivity contribution is 0.334. The van der Waals surface area contributed by atoms with Crippen molar-refractivity contribution in [3.05, 3.63) is 35.4 Å². The fourth-order valence-electron chi connectivity index (χ4n) is 0.786. The summed E-state index contributed by atoms with van der Waals surface area (Å²) in [6, 6.07) is 5.95. The molecule has 1 rings (SSSR count). The minimum absolute atomic E-state index is 0.248. The van der Waals surface area contributed by atoms with Crippen LogP contribution in [0.1, 0.15) is 0 Å². The first-order valence-electron chi connectivity index (χ1n) is 3.77. The highest BCUT2D eigenvalue weighted by molar-refractivity contribution is 5.22. The molecule has 3 heteroatoms. The highest BCUT2D eigenvalue weighted by atomic mass is 19.1. The van der Waals surface area contributed by atoms with Gasteiger partial charge in [0.05, 0.1) is 6.61 Å². The van der Waals surface area contributed by atoms with Gasteiger partial charge in [0.15, 0.2) is 0 Å². The van der Waals surface area contributed by atoms with E-state index in [-0.39, 0.29) is 5.82 Å². The molecule has 0 bridgehead atoms. The number of benzene rings is 1. The predicted molar refractivity (Wildman–Crippen MR) is 46.0 cm³/mol. The Bertz CT molecular complexity index is 222. The Kier molecular flexibility index (Phi) is 3.54. The molecule has 0 fully saturated rings. The van der Waals surface area contributed by atoms with Gasteiger partial charge in [-0.2, -0.15) is 7.05 Å². The normalized spacial score (nSPS) is 9.83. The van der Waals surface area contributed by atoms with Crippen LogP contribution in [0.15, 0.2) is 24.3 Å². The smallest absolute Gasteiger partial charge is 0.123 e. The molecule has 0 aliphatic heterocycles. The summed E-state index contributed by atoms with van der Waals surface area (Å²) in [6.07, 6.45) is 0. The number of hydrogen-bond donors (Lipinski definition) is 0. The van der Waals surface area contributed by atoms with Crippen LogP contribution < -0.4 is 4.74 Å². The number of hydrogen-bond acceptors (Lipinski definition) is 1. The van der Waals surface area contributed by atoms with Gasteiger partial charge >= 0.3 is 0 Å². The maximum Gasteiger partial charge on any atom is 0.123 e. The predicted octanol–water partition coefficient (Wildman–Crippen LogP) is 2.21. The molecule has 0 aliphatic carbocycles. The highest BCUT2D eigenvalue weighted by Crippen LogP contribution is 2.10. The molecule has 0 radical (unpaired) electrons. The Hall–Kier alpha value is -1.09. The third kappa shape index (κ3) is 2.88. The molecule has 0 N–H and O–H groups in total. The van der Waals surface area contributed by atoms with E-state index in [1.807, 2.05) is 0 Å². The van der Waals surface area contributed by atoms with Crippen LogP contribution in [-0.4, -0.2) is 20.2 Å². The van der Waals surface area contributed by atoms with Crippen LogP contribution in [0.3, 0.4) is 0 Å². The fourth-order valence-corrected chi connectivity index (χ4v) is 0.786. The lowest BCUT2D eigenvalue weighted by atomic mass is 10.3. The molecule has 0 unspecified atom stereocenters. The minimum atomic E-state index is -0.248. The van der Waals surface area contributed by atoms with E-state index >= 15 is 0 Å². The number of likely N-dealkylation sites (N-methyl/N-ethyl adjacent to an activating group) is 1. The standard InChI is InChI=1S/C9H11FNO/c1-11-6-7-12-9-4-2-8(10)3-5-9/h2-5H,6-7H2,1H3/q-1. The topological polar surface area (TPSA) is 23.3 Å². The third-order valence-electron chi connectivity index (χ3n) is 1.40. The van der Waals surface area contributed by atoms with E-state index in [0.29, 0.717) is 18.9 Å². The van der Waals surface area contributed by atoms with Crippen molar-refractivity contribution in [2.75, 3.05) is 20.2 Å². The lowest BCUT2D eigenvalue weighted by Crippen LogP contribution is -2.00. The molecule has 2 nitrogen and oxygen atoms in total. The van der Waals surface area contributed by atoms with Gasteiger partial charge in [-0.25, -0.2) is 4.39 Å². The van der Waals surface area contributed by atoms with E-state index in [9.17, 15) is 4.39 Å². The third-order valence-corrected chi connectivity index (χ3v) is 1.40. The van der Waals surface area contributed by atoms with Crippen molar-refractivity contribution >= 4 is 0 Å². The van der Waals surface area contributed by atoms with Gasteiger partial charge in [-0.15, -0.1) is 6.54 Å². The lowest BCUT2D eigenvalue weighted by Gasteiger charge is -2.11. The van der Waals surface area contributed by atoms with Crippen molar-refractivity contribution in [3.63, 3.8) is 0 Å². The van der Waals surface area contributed by atoms with Crippen LogP contribution in [0.2, 0.25) is 0 Å². The van der Waals surface area contributed by atoms with Gasteiger partial charge in [-0.05, 0) is 24.3 Å². The minimum Gasteiger partial charge on any atom is -0.662 e. The van der Waals surface area contributed by atoms with Crippen molar-refractivity contribution in [3.8, 4) is 5.75 Å². The Morgan fingerprint density at radius 3 is 2.58 bits per heavy atom. The average molecular weight is 168 g/mol. The summed E-state index contributed by atoms with van der Waals surface area (Å²) in [7, 11) is 1.73. The first-order valence-corrected chi connectivity index (χ1v) is 3.77. The van der Waals surface area contributed by atoms with E-state index < -0.39 is 0 Å². The van der Waals surface area contributed by atoms with Crippen molar-refractivity contribution < 1.29 is 9.13 Å². The maximum absolute atomic E-state index is 12.4. The molecule has 0 aliphatic rings. The quantitative estimate of drug-likeness (QED) is 0.632. The number of nitrogens with zero attached hydrogens (tertiary/aromatic N) is 1. The van der Waals surface area contributed by atoms with Crippen molar-refractivity contribution in [1.82, 2.24) is 0 Å². The van der Waals surface area contributed by atoms with Gasteiger partial charge in [0.25, 0.3) is 0 Å². The Morgan fingerprint density at radius 1 is 1.33 bits per heavy atom. The Morgan fingerprint density at radius 2 is 2.00 bits per heavy atom. The molecular weight excluding hydrogens is 157 g/mol. The summed E-state index contributed by atoms with van der Waals surface area (Å²) in [5.74, 6) is 0.433. The van der Waals surface area contributed by atoms with E-state index in [1.54, 1.807) is 19.2 Å². The molecule has 0 saturated heterocycles. The zero-order chi connectivity index (χ0) is 8.81. The van der Waals surface area contributed by atoms with Crippen LogP contribution in [0.5, 0.6) is 5.75 Å². The number of halogens is 1. The largest absolute Gasteiger partial charge is 0.662 e. The highest BCUT2D eigenvalue weighted by Gasteiger charge is 1.91. The first-order chi connectivity index (χ1) is 5.83. The van der Waals surface area contributed by atoms with Gasteiger partial charge in [0, 0.05) is 0 Å². The summed E-state index contributed by atoms with van der Waals surface area (Å²) >= 11 is 0. The molecule has 0 saturated carbocycles. The van der Waals surface area contributed by atoms with Gasteiger partial charge in [0.2, 0.25) is 0 Å². The second-order valence-electron chi connectivity index (χ2n) is 2.34. The molecule has 0 aromatic heterocycles. The van der Waals surface area contributed by atoms with E-state index in [2.05, 4.69) is 5.32 Å². The van der Waals surface area contributed by atoms with Crippen LogP contribution in [0.4, 0.5) is 4.39 Å². The molecule has 0 atom stereocenters. The second-order valence-corrected chi connectivity index (χ2v) is 2.34. The maximum atomic E-state index is 12.4. The number of ether oxygens (including phenoxy) is 1. The number of rotatable bonds is 4. The zero-order valence-electron chi connectivity index (χ0n) is 6.96. The summed E-state index contributed by atoms with van der Waals surface area (Å²) in [4.78, 5) is 0. The molecular formula is C9H11FNO-. The monoisotopic (exact) mass is 168 g/mol. The zero-order valence-corrected chi connectivity index (χ0v) is 6.96. The summed E-state index contributed by atoms with van der Waals surface area (Å²) in [6.45, 7) is 1.21. The van der Waals surface area contributed by atoms with E-state index in [0.717, 1.165) is 0 Å². The van der Waals surface area contributed by atoms with Crippen LogP contribution >= 0.6 is 0 Å². The van der Waals surface area contributed by atoms with Crippen molar-refractivity contribution in [1.29, 1.82) is 0 Å². The van der Waals surface area contributed by atoms with Crippen molar-refractivity contribution in [2.45, 2.75) is 0 Å². The summed E-state index contributed by atoms with van der Waals surface area (Å²) in [5.41, 5.74) is 0. The van der Waals surface area contributed by atoms with Crippen LogP contribution in [0.25, 0.3) is 5.32 Å². The molecule has 66 valence electrons. The molecule has 1 aromatic rings. The molecule has 0 heterocycles. The molecule has 0 amide bonds. The summed E-state index contributed by atoms with van der Waals surface area (Å²) < 4.78 is 17.6. The summed E-state index contributed by atoms with van der Waals surface area (Å²) in [5, 5.41) is 3.87. The van der Waals surface area contributed by atoms with E-state index in [1.165, 1.54) is 12.1 Å². The van der Waals surface area contributed by atoms with Gasteiger partial charge in [0.1, 0.15) is 11.6 Å². The van der Waals surface area contributed by atoms with E-state index in [4.69, 9.17) is 4.74 Å². The molecule has 12 heavy (non-hydrogen) atoms. The Labute approximate surface area is 71.4 Å². The SMILES string of the molecule is C[N-]CCOc1ccc(F)cc1. The van der Waals surface area contributed by atoms with Crippen molar-refractivity contribution in [2.24, 2.45) is 0 Å². The second kappa shape index (κ2) is 4.72. The van der Waals surface area contributed by atoms with Gasteiger partial charge in [-0.3, -0.25) is 0 Å². The Balaban J connectivity index is 2.37. The first kappa shape index (κ1) is 9.00. The van der Waals surface area contributed by atoms with Gasteiger partial charge < -0.3 is 10.1 Å². The molecule has 1 aromatic carbocycles. The van der Waals surface area contributed by atoms with Crippen LogP contribution in [0, 0.1) is 5.82 Å². The van der Waals surface area contributed by atoms with Crippen LogP contribution in [-0.2, 0) is 0 Å².